The Morgan fingerprint density at radius 3 is 2.48 bits per heavy atom. The summed E-state index contributed by atoms with van der Waals surface area (Å²) >= 11 is 3.58. The molecule has 0 bridgehead atoms. The van der Waals surface area contributed by atoms with Crippen LogP contribution in [0, 0.1) is 0 Å². The maximum absolute atomic E-state index is 12.7. The summed E-state index contributed by atoms with van der Waals surface area (Å²) in [5.74, 6) is 0. The molecule has 1 heterocycles. The average Bonchev–Trinajstić information content (AvgIpc) is 2.46. The van der Waals surface area contributed by atoms with Crippen LogP contribution in [-0.2, 0) is 11.3 Å². The van der Waals surface area contributed by atoms with Crippen LogP contribution in [0.1, 0.15) is 39.2 Å². The number of benzene rings is 1. The molecule has 5 heteroatoms. The summed E-state index contributed by atoms with van der Waals surface area (Å²) < 4.78 is 6.68. The van der Waals surface area contributed by atoms with Crippen molar-refractivity contribution in [2.45, 2.75) is 51.8 Å². The molecule has 4 nitrogen and oxygen atoms in total. The van der Waals surface area contributed by atoms with Gasteiger partial charge in [-0.15, -0.1) is 0 Å². The van der Waals surface area contributed by atoms with E-state index in [0.717, 1.165) is 36.0 Å². The second kappa shape index (κ2) is 7.67. The van der Waals surface area contributed by atoms with Gasteiger partial charge < -0.3 is 14.5 Å². The molecule has 0 saturated carbocycles. The summed E-state index contributed by atoms with van der Waals surface area (Å²) in [5.41, 5.74) is 0.631. The predicted molar refractivity (Wildman–Crippen MR) is 96.4 cm³/mol. The molecule has 0 atom stereocenters. The first-order chi connectivity index (χ1) is 10.8. The second-order valence-electron chi connectivity index (χ2n) is 7.23. The van der Waals surface area contributed by atoms with Gasteiger partial charge in [-0.05, 0) is 65.4 Å². The molecule has 0 spiro atoms. The Hall–Kier alpha value is -1.07. The highest BCUT2D eigenvalue weighted by molar-refractivity contribution is 9.10. The van der Waals surface area contributed by atoms with Crippen molar-refractivity contribution in [1.82, 2.24) is 9.80 Å². The van der Waals surface area contributed by atoms with Gasteiger partial charge in [0, 0.05) is 10.5 Å². The first-order valence-electron chi connectivity index (χ1n) is 8.18. The van der Waals surface area contributed by atoms with Crippen LogP contribution in [0.15, 0.2) is 28.7 Å². The summed E-state index contributed by atoms with van der Waals surface area (Å²) in [6.07, 6.45) is 1.75. The first-order valence-corrected chi connectivity index (χ1v) is 8.97. The van der Waals surface area contributed by atoms with Crippen LogP contribution in [0.4, 0.5) is 4.79 Å². The fraction of sp³-hybridized carbons (Fsp3) is 0.611. The highest BCUT2D eigenvalue weighted by Gasteiger charge is 2.30. The molecular formula is C18H27BrN2O2. The molecule has 1 fully saturated rings. The lowest BCUT2D eigenvalue weighted by Gasteiger charge is -2.38. The number of amides is 1. The van der Waals surface area contributed by atoms with Gasteiger partial charge in [0.2, 0.25) is 0 Å². The number of ether oxygens (including phenoxy) is 1. The van der Waals surface area contributed by atoms with Crippen LogP contribution in [0.2, 0.25) is 0 Å². The summed E-state index contributed by atoms with van der Waals surface area (Å²) in [4.78, 5) is 16.9. The van der Waals surface area contributed by atoms with Crippen molar-refractivity contribution in [3.8, 4) is 0 Å². The van der Waals surface area contributed by atoms with Gasteiger partial charge in [0.05, 0.1) is 6.54 Å². The fourth-order valence-corrected chi connectivity index (χ4v) is 3.19. The molecule has 128 valence electrons. The fourth-order valence-electron chi connectivity index (χ4n) is 2.78. The lowest BCUT2D eigenvalue weighted by molar-refractivity contribution is 0.00684. The normalized spacial score (nSPS) is 17.1. The van der Waals surface area contributed by atoms with E-state index in [1.807, 2.05) is 43.9 Å². The number of hydrogen-bond donors (Lipinski definition) is 0. The third-order valence-corrected chi connectivity index (χ3v) is 4.83. The number of carbonyl (C=O) groups is 1. The van der Waals surface area contributed by atoms with E-state index in [1.165, 1.54) is 0 Å². The van der Waals surface area contributed by atoms with Crippen molar-refractivity contribution in [1.29, 1.82) is 0 Å². The Balaban J connectivity index is 2.17. The Kier molecular flexibility index (Phi) is 6.09. The first kappa shape index (κ1) is 18.3. The van der Waals surface area contributed by atoms with Crippen LogP contribution >= 0.6 is 15.9 Å². The van der Waals surface area contributed by atoms with Gasteiger partial charge in [0.1, 0.15) is 5.60 Å². The van der Waals surface area contributed by atoms with Crippen molar-refractivity contribution in [3.05, 3.63) is 34.3 Å². The topological polar surface area (TPSA) is 32.8 Å². The van der Waals surface area contributed by atoms with E-state index in [2.05, 4.69) is 33.9 Å². The van der Waals surface area contributed by atoms with E-state index in [9.17, 15) is 4.79 Å². The summed E-state index contributed by atoms with van der Waals surface area (Å²) in [6, 6.07) is 8.28. The minimum atomic E-state index is -0.477. The third-order valence-electron chi connectivity index (χ3n) is 4.06. The van der Waals surface area contributed by atoms with Crippen LogP contribution in [0.25, 0.3) is 0 Å². The molecule has 1 aliphatic rings. The van der Waals surface area contributed by atoms with Gasteiger partial charge in [-0.25, -0.2) is 4.79 Å². The molecule has 23 heavy (non-hydrogen) atoms. The molecule has 0 aromatic heterocycles. The van der Waals surface area contributed by atoms with Gasteiger partial charge >= 0.3 is 6.09 Å². The van der Waals surface area contributed by atoms with Gasteiger partial charge in [-0.3, -0.25) is 0 Å². The largest absolute Gasteiger partial charge is 0.444 e. The molecular weight excluding hydrogens is 356 g/mol. The lowest BCUT2D eigenvalue weighted by Crippen LogP contribution is -2.47. The molecule has 1 aliphatic heterocycles. The minimum absolute atomic E-state index is 0.220. The predicted octanol–water partition coefficient (Wildman–Crippen LogP) is 4.28. The highest BCUT2D eigenvalue weighted by Crippen LogP contribution is 2.24. The van der Waals surface area contributed by atoms with Gasteiger partial charge in [0.25, 0.3) is 0 Å². The Morgan fingerprint density at radius 2 is 1.91 bits per heavy atom. The van der Waals surface area contributed by atoms with Crippen molar-refractivity contribution in [3.63, 3.8) is 0 Å². The average molecular weight is 383 g/mol. The van der Waals surface area contributed by atoms with Gasteiger partial charge in [-0.2, -0.15) is 0 Å². The van der Waals surface area contributed by atoms with Crippen LogP contribution in [-0.4, -0.2) is 47.7 Å². The monoisotopic (exact) mass is 382 g/mol. The van der Waals surface area contributed by atoms with Crippen molar-refractivity contribution >= 4 is 22.0 Å². The molecule has 1 saturated heterocycles. The molecule has 1 aromatic rings. The minimum Gasteiger partial charge on any atom is -0.444 e. The summed E-state index contributed by atoms with van der Waals surface area (Å²) in [7, 11) is 2.13. The van der Waals surface area contributed by atoms with Crippen molar-refractivity contribution in [2.75, 3.05) is 20.1 Å². The molecule has 1 aromatic carbocycles. The number of carbonyl (C=O) groups excluding carboxylic acids is 1. The zero-order valence-corrected chi connectivity index (χ0v) is 16.1. The lowest BCUT2D eigenvalue weighted by atomic mass is 10.0. The number of halogens is 1. The smallest absolute Gasteiger partial charge is 0.410 e. The van der Waals surface area contributed by atoms with Gasteiger partial charge in [0.15, 0.2) is 0 Å². The quantitative estimate of drug-likeness (QED) is 0.781. The third kappa shape index (κ3) is 5.50. The SMILES string of the molecule is CN1CCC(N(Cc2ccccc2Br)C(=O)OC(C)(C)C)CC1. The van der Waals surface area contributed by atoms with Crippen molar-refractivity contribution < 1.29 is 9.53 Å². The second-order valence-corrected chi connectivity index (χ2v) is 8.09. The number of likely N-dealkylation sites (tertiary alicyclic amines) is 1. The van der Waals surface area contributed by atoms with Crippen molar-refractivity contribution in [2.24, 2.45) is 0 Å². The van der Waals surface area contributed by atoms with E-state index in [0.29, 0.717) is 6.54 Å². The van der Waals surface area contributed by atoms with E-state index in [-0.39, 0.29) is 12.1 Å². The number of piperidine rings is 1. The molecule has 1 amide bonds. The number of rotatable bonds is 3. The maximum Gasteiger partial charge on any atom is 0.410 e. The van der Waals surface area contributed by atoms with E-state index in [1.54, 1.807) is 0 Å². The van der Waals surface area contributed by atoms with E-state index in [4.69, 9.17) is 4.74 Å². The Bertz CT molecular complexity index is 534. The van der Waals surface area contributed by atoms with Crippen LogP contribution in [0.3, 0.4) is 0 Å². The molecule has 0 aliphatic carbocycles. The highest BCUT2D eigenvalue weighted by atomic mass is 79.9. The number of nitrogens with zero attached hydrogens (tertiary/aromatic N) is 2. The summed E-state index contributed by atoms with van der Waals surface area (Å²) in [5, 5.41) is 0. The van der Waals surface area contributed by atoms with Crippen LogP contribution < -0.4 is 0 Å². The molecule has 0 unspecified atom stereocenters. The maximum atomic E-state index is 12.7. The Labute approximate surface area is 147 Å². The van der Waals surface area contributed by atoms with Gasteiger partial charge in [-0.1, -0.05) is 34.1 Å². The summed E-state index contributed by atoms with van der Waals surface area (Å²) in [6.45, 7) is 8.34. The van der Waals surface area contributed by atoms with E-state index >= 15 is 0 Å². The number of hydrogen-bond acceptors (Lipinski definition) is 3. The van der Waals surface area contributed by atoms with E-state index < -0.39 is 5.60 Å². The molecule has 0 N–H and O–H groups in total. The zero-order chi connectivity index (χ0) is 17.0. The molecule has 2 rings (SSSR count). The molecule has 0 radical (unpaired) electrons. The zero-order valence-electron chi connectivity index (χ0n) is 14.5. The standard InChI is InChI=1S/C18H27BrN2O2/c1-18(2,3)23-17(22)21(15-9-11-20(4)12-10-15)13-14-7-5-6-8-16(14)19/h5-8,15H,9-13H2,1-4H3. The van der Waals surface area contributed by atoms with Crippen LogP contribution in [0.5, 0.6) is 0 Å². The Morgan fingerprint density at radius 1 is 1.30 bits per heavy atom.